The minimum absolute atomic E-state index is 0.0421. The van der Waals surface area contributed by atoms with Gasteiger partial charge < -0.3 is 0 Å². The Hall–Kier alpha value is -0.610. The Labute approximate surface area is 126 Å². The molecule has 1 N–H and O–H groups in total. The maximum absolute atomic E-state index is 12.3. The predicted molar refractivity (Wildman–Crippen MR) is 78.3 cm³/mol. The van der Waals surface area contributed by atoms with Gasteiger partial charge in [-0.1, -0.05) is 41.4 Å². The third-order valence-corrected chi connectivity index (χ3v) is 5.46. The van der Waals surface area contributed by atoms with Gasteiger partial charge in [0.05, 0.1) is 11.1 Å². The molecular formula is C12H14BrClN2O2S. The van der Waals surface area contributed by atoms with Crippen LogP contribution in [0.3, 0.4) is 0 Å². The molecule has 0 aliphatic rings. The molecular weight excluding hydrogens is 352 g/mol. The summed E-state index contributed by atoms with van der Waals surface area (Å²) in [5.74, 6) is -0.179. The number of nitrogens with one attached hydrogen (secondary N) is 1. The molecule has 0 unspecified atom stereocenters. The van der Waals surface area contributed by atoms with E-state index < -0.39 is 15.6 Å². The molecule has 0 aliphatic heterocycles. The van der Waals surface area contributed by atoms with Gasteiger partial charge in [-0.25, -0.2) is 8.42 Å². The highest BCUT2D eigenvalue weighted by atomic mass is 79.9. The predicted octanol–water partition coefficient (Wildman–Crippen LogP) is 3.32. The van der Waals surface area contributed by atoms with Gasteiger partial charge in [0.2, 0.25) is 10.0 Å². The summed E-state index contributed by atoms with van der Waals surface area (Å²) in [5.41, 5.74) is -1.19. The Balaban J connectivity index is 3.23. The van der Waals surface area contributed by atoms with Crippen LogP contribution in [0.4, 0.5) is 0 Å². The van der Waals surface area contributed by atoms with Crippen LogP contribution in [0.2, 0.25) is 5.02 Å². The molecule has 0 saturated heterocycles. The molecule has 0 bridgehead atoms. The van der Waals surface area contributed by atoms with E-state index in [-0.39, 0.29) is 15.8 Å². The fourth-order valence-corrected chi connectivity index (χ4v) is 3.79. The molecule has 0 amide bonds. The Bertz CT molecular complexity index is 625. The number of rotatable bonds is 4. The summed E-state index contributed by atoms with van der Waals surface area (Å²) >= 11 is 9.14. The molecule has 104 valence electrons. The fourth-order valence-electron chi connectivity index (χ4n) is 1.30. The molecule has 0 saturated carbocycles. The summed E-state index contributed by atoms with van der Waals surface area (Å²) in [6.45, 7) is 5.09. The van der Waals surface area contributed by atoms with Crippen molar-refractivity contribution in [3.05, 3.63) is 27.7 Å². The number of halogens is 2. The molecule has 1 aromatic carbocycles. The molecule has 1 rings (SSSR count). The first-order valence-corrected chi connectivity index (χ1v) is 8.18. The first kappa shape index (κ1) is 16.4. The van der Waals surface area contributed by atoms with E-state index in [9.17, 15) is 8.42 Å². The summed E-state index contributed by atoms with van der Waals surface area (Å²) in [4.78, 5) is -0.0421. The lowest BCUT2D eigenvalue weighted by molar-refractivity contribution is 0.389. The van der Waals surface area contributed by atoms with E-state index in [0.717, 1.165) is 0 Å². The van der Waals surface area contributed by atoms with E-state index >= 15 is 0 Å². The van der Waals surface area contributed by atoms with Crippen LogP contribution >= 0.6 is 27.5 Å². The standard InChI is InChI=1S/C12H14BrClN2O2S/c1-8(2)12(3,7-15)16-19(17,18)11-5-4-9(13)6-10(11)14/h4-6,8,16H,1-3H3/t12-/m1/s1. The molecule has 1 aromatic rings. The number of hydrogen-bond donors (Lipinski definition) is 1. The van der Waals surface area contributed by atoms with Gasteiger partial charge in [-0.3, -0.25) is 0 Å². The Morgan fingerprint density at radius 2 is 2.05 bits per heavy atom. The van der Waals surface area contributed by atoms with Gasteiger partial charge in [0.1, 0.15) is 10.4 Å². The van der Waals surface area contributed by atoms with E-state index in [2.05, 4.69) is 20.7 Å². The smallest absolute Gasteiger partial charge is 0.207 e. The zero-order valence-electron chi connectivity index (χ0n) is 10.7. The van der Waals surface area contributed by atoms with E-state index in [0.29, 0.717) is 4.47 Å². The van der Waals surface area contributed by atoms with Crippen LogP contribution in [0.1, 0.15) is 20.8 Å². The molecule has 4 nitrogen and oxygen atoms in total. The zero-order valence-corrected chi connectivity index (χ0v) is 13.9. The van der Waals surface area contributed by atoms with Crippen molar-refractivity contribution in [1.82, 2.24) is 4.72 Å². The number of nitrogens with zero attached hydrogens (tertiary/aromatic N) is 1. The Kier molecular flexibility index (Phi) is 5.02. The minimum atomic E-state index is -3.85. The van der Waals surface area contributed by atoms with Gasteiger partial charge in [-0.05, 0) is 31.0 Å². The number of benzene rings is 1. The molecule has 19 heavy (non-hydrogen) atoms. The number of hydrogen-bond acceptors (Lipinski definition) is 3. The van der Waals surface area contributed by atoms with E-state index in [1.807, 2.05) is 6.07 Å². The summed E-state index contributed by atoms with van der Waals surface area (Å²) < 4.78 is 27.7. The van der Waals surface area contributed by atoms with E-state index in [1.165, 1.54) is 12.1 Å². The van der Waals surface area contributed by atoms with Crippen LogP contribution in [0.25, 0.3) is 0 Å². The van der Waals surface area contributed by atoms with Gasteiger partial charge in [0.15, 0.2) is 0 Å². The Morgan fingerprint density at radius 1 is 1.47 bits per heavy atom. The van der Waals surface area contributed by atoms with Crippen molar-refractivity contribution in [1.29, 1.82) is 5.26 Å². The minimum Gasteiger partial charge on any atom is -0.207 e. The van der Waals surface area contributed by atoms with Crippen molar-refractivity contribution in [2.45, 2.75) is 31.2 Å². The SMILES string of the molecule is CC(C)[C@@](C)(C#N)NS(=O)(=O)c1ccc(Br)cc1Cl. The highest BCUT2D eigenvalue weighted by Gasteiger charge is 2.34. The van der Waals surface area contributed by atoms with Gasteiger partial charge in [0, 0.05) is 4.47 Å². The number of nitriles is 1. The Morgan fingerprint density at radius 3 is 2.47 bits per heavy atom. The summed E-state index contributed by atoms with van der Waals surface area (Å²) in [6.07, 6.45) is 0. The maximum atomic E-state index is 12.3. The van der Waals surface area contributed by atoms with Gasteiger partial charge in [0.25, 0.3) is 0 Å². The maximum Gasteiger partial charge on any atom is 0.243 e. The molecule has 0 aromatic heterocycles. The lowest BCUT2D eigenvalue weighted by atomic mass is 9.92. The van der Waals surface area contributed by atoms with E-state index in [4.69, 9.17) is 16.9 Å². The molecule has 0 aliphatic carbocycles. The second-order valence-electron chi connectivity index (χ2n) is 4.65. The second kappa shape index (κ2) is 5.80. The molecule has 7 heteroatoms. The lowest BCUT2D eigenvalue weighted by Gasteiger charge is -2.27. The monoisotopic (exact) mass is 364 g/mol. The molecule has 0 radical (unpaired) electrons. The first-order chi connectivity index (χ1) is 8.62. The quantitative estimate of drug-likeness (QED) is 0.890. The van der Waals surface area contributed by atoms with Crippen LogP contribution in [-0.4, -0.2) is 14.0 Å². The lowest BCUT2D eigenvalue weighted by Crippen LogP contribution is -2.48. The number of sulfonamides is 1. The van der Waals surface area contributed by atoms with Crippen LogP contribution in [0.15, 0.2) is 27.6 Å². The summed E-state index contributed by atoms with van der Waals surface area (Å²) in [7, 11) is -3.85. The van der Waals surface area contributed by atoms with Crippen LogP contribution < -0.4 is 4.72 Å². The zero-order chi connectivity index (χ0) is 14.8. The fraction of sp³-hybridized carbons (Fsp3) is 0.417. The molecule has 0 fully saturated rings. The van der Waals surface area contributed by atoms with Crippen molar-refractivity contribution in [2.75, 3.05) is 0 Å². The summed E-state index contributed by atoms with van der Waals surface area (Å²) in [6, 6.07) is 6.47. The van der Waals surface area contributed by atoms with Crippen molar-refractivity contribution < 1.29 is 8.42 Å². The molecule has 1 atom stereocenters. The third kappa shape index (κ3) is 3.69. The largest absolute Gasteiger partial charge is 0.243 e. The summed E-state index contributed by atoms with van der Waals surface area (Å²) in [5, 5.41) is 9.26. The first-order valence-electron chi connectivity index (χ1n) is 5.52. The van der Waals surface area contributed by atoms with Gasteiger partial charge >= 0.3 is 0 Å². The van der Waals surface area contributed by atoms with Gasteiger partial charge in [-0.2, -0.15) is 9.98 Å². The van der Waals surface area contributed by atoms with Crippen molar-refractivity contribution >= 4 is 37.6 Å². The van der Waals surface area contributed by atoms with Crippen molar-refractivity contribution in [2.24, 2.45) is 5.92 Å². The second-order valence-corrected chi connectivity index (χ2v) is 7.62. The highest BCUT2D eigenvalue weighted by molar-refractivity contribution is 9.10. The molecule has 0 spiro atoms. The highest BCUT2D eigenvalue weighted by Crippen LogP contribution is 2.27. The average Bonchev–Trinajstić information content (AvgIpc) is 2.27. The van der Waals surface area contributed by atoms with Crippen LogP contribution in [-0.2, 0) is 10.0 Å². The average molecular weight is 366 g/mol. The van der Waals surface area contributed by atoms with Gasteiger partial charge in [-0.15, -0.1) is 0 Å². The van der Waals surface area contributed by atoms with Crippen LogP contribution in [0.5, 0.6) is 0 Å². The van der Waals surface area contributed by atoms with Crippen molar-refractivity contribution in [3.63, 3.8) is 0 Å². The van der Waals surface area contributed by atoms with Crippen LogP contribution in [0, 0.1) is 17.2 Å². The van der Waals surface area contributed by atoms with E-state index in [1.54, 1.807) is 26.8 Å². The third-order valence-electron chi connectivity index (χ3n) is 2.92. The normalized spacial score (nSPS) is 15.0. The van der Waals surface area contributed by atoms with Crippen molar-refractivity contribution in [3.8, 4) is 6.07 Å². The topological polar surface area (TPSA) is 70.0 Å². The molecule has 0 heterocycles.